The van der Waals surface area contributed by atoms with Gasteiger partial charge in [0, 0.05) is 65.8 Å². The molecule has 0 bridgehead atoms. The lowest BCUT2D eigenvalue weighted by Gasteiger charge is -2.34. The number of nitrogens with zero attached hydrogens (tertiary/aromatic N) is 5. The van der Waals surface area contributed by atoms with Gasteiger partial charge in [0.25, 0.3) is 0 Å². The van der Waals surface area contributed by atoms with E-state index in [4.69, 9.17) is 4.74 Å². The van der Waals surface area contributed by atoms with Crippen molar-refractivity contribution in [3.8, 4) is 5.75 Å². The minimum atomic E-state index is -3.41. The zero-order chi connectivity index (χ0) is 21.8. The van der Waals surface area contributed by atoms with Crippen LogP contribution in [0.4, 0.5) is 0 Å². The van der Waals surface area contributed by atoms with Crippen molar-refractivity contribution in [2.24, 2.45) is 0 Å². The maximum Gasteiger partial charge on any atom is 0.242 e. The van der Waals surface area contributed by atoms with E-state index in [1.807, 2.05) is 24.4 Å². The molecular formula is C22H29N5O3S. The number of pyridine rings is 1. The van der Waals surface area contributed by atoms with E-state index in [9.17, 15) is 8.42 Å². The van der Waals surface area contributed by atoms with Crippen LogP contribution in [-0.2, 0) is 16.6 Å². The van der Waals surface area contributed by atoms with Crippen LogP contribution in [0.2, 0.25) is 0 Å². The molecule has 0 saturated carbocycles. The monoisotopic (exact) mass is 443 g/mol. The molecule has 0 amide bonds. The van der Waals surface area contributed by atoms with Crippen LogP contribution >= 0.6 is 0 Å². The topological polar surface area (TPSA) is 70.4 Å². The Kier molecular flexibility index (Phi) is 6.57. The highest BCUT2D eigenvalue weighted by molar-refractivity contribution is 7.89. The van der Waals surface area contributed by atoms with Gasteiger partial charge in [0.15, 0.2) is 0 Å². The largest absolute Gasteiger partial charge is 0.492 e. The van der Waals surface area contributed by atoms with Crippen LogP contribution in [0.1, 0.15) is 5.69 Å². The molecule has 0 spiro atoms. The van der Waals surface area contributed by atoms with Gasteiger partial charge in [-0.2, -0.15) is 0 Å². The fourth-order valence-electron chi connectivity index (χ4n) is 3.67. The molecule has 8 nitrogen and oxygen atoms in total. The fraction of sp³-hybridized carbons (Fsp3) is 0.409. The first-order valence-corrected chi connectivity index (χ1v) is 11.9. The van der Waals surface area contributed by atoms with Gasteiger partial charge in [-0.15, -0.1) is 0 Å². The Bertz CT molecular complexity index is 1070. The minimum Gasteiger partial charge on any atom is -0.492 e. The van der Waals surface area contributed by atoms with E-state index >= 15 is 0 Å². The molecule has 166 valence electrons. The second kappa shape index (κ2) is 9.35. The van der Waals surface area contributed by atoms with Crippen molar-refractivity contribution in [1.29, 1.82) is 0 Å². The molecule has 0 aliphatic carbocycles. The molecule has 9 heteroatoms. The number of sulfonamides is 1. The van der Waals surface area contributed by atoms with E-state index in [1.54, 1.807) is 24.3 Å². The maximum atomic E-state index is 12.1. The van der Waals surface area contributed by atoms with E-state index in [0.29, 0.717) is 12.4 Å². The van der Waals surface area contributed by atoms with Crippen molar-refractivity contribution in [3.05, 3.63) is 60.6 Å². The zero-order valence-corrected chi connectivity index (χ0v) is 18.8. The van der Waals surface area contributed by atoms with Crippen molar-refractivity contribution in [3.63, 3.8) is 0 Å². The maximum absolute atomic E-state index is 12.1. The van der Waals surface area contributed by atoms with Gasteiger partial charge in [-0.25, -0.2) is 17.7 Å². The van der Waals surface area contributed by atoms with Crippen molar-refractivity contribution in [1.82, 2.24) is 23.5 Å². The van der Waals surface area contributed by atoms with Gasteiger partial charge in [-0.3, -0.25) is 9.80 Å². The average molecular weight is 444 g/mol. The molecule has 1 aliphatic rings. The van der Waals surface area contributed by atoms with Gasteiger partial charge in [-0.05, 0) is 36.4 Å². The van der Waals surface area contributed by atoms with Crippen LogP contribution in [0.15, 0.2) is 59.8 Å². The molecule has 2 aromatic heterocycles. The highest BCUT2D eigenvalue weighted by Gasteiger charge is 2.19. The lowest BCUT2D eigenvalue weighted by atomic mass is 10.3. The van der Waals surface area contributed by atoms with Gasteiger partial charge < -0.3 is 9.14 Å². The van der Waals surface area contributed by atoms with Crippen LogP contribution in [0.25, 0.3) is 5.65 Å². The predicted molar refractivity (Wildman–Crippen MR) is 120 cm³/mol. The Hall–Kier alpha value is -2.46. The zero-order valence-electron chi connectivity index (χ0n) is 18.0. The SMILES string of the molecule is CN(C)S(=O)(=O)c1ccc(OCCN2CCN(Cc3cn4ccccc4n3)CC2)cc1. The smallest absolute Gasteiger partial charge is 0.242 e. The Morgan fingerprint density at radius 2 is 1.71 bits per heavy atom. The summed E-state index contributed by atoms with van der Waals surface area (Å²) in [7, 11) is -0.359. The molecule has 31 heavy (non-hydrogen) atoms. The van der Waals surface area contributed by atoms with Gasteiger partial charge in [0.2, 0.25) is 10.0 Å². The molecule has 0 unspecified atom stereocenters. The van der Waals surface area contributed by atoms with Crippen molar-refractivity contribution >= 4 is 15.7 Å². The molecule has 0 N–H and O–H groups in total. The Morgan fingerprint density at radius 1 is 1.00 bits per heavy atom. The number of hydrogen-bond acceptors (Lipinski definition) is 6. The molecule has 1 aliphatic heterocycles. The van der Waals surface area contributed by atoms with Crippen LogP contribution in [-0.4, -0.2) is 85.3 Å². The molecule has 3 heterocycles. The Labute approximate surface area is 183 Å². The second-order valence-electron chi connectivity index (χ2n) is 7.92. The Balaban J connectivity index is 1.20. The fourth-order valence-corrected chi connectivity index (χ4v) is 4.58. The first-order valence-electron chi connectivity index (χ1n) is 10.4. The number of imidazole rings is 1. The van der Waals surface area contributed by atoms with E-state index in [2.05, 4.69) is 25.4 Å². The summed E-state index contributed by atoms with van der Waals surface area (Å²) in [5.41, 5.74) is 2.09. The molecule has 0 atom stereocenters. The standard InChI is InChI=1S/C22H29N5O3S/c1-24(2)31(28,29)21-8-6-20(7-9-21)30-16-15-25-11-13-26(14-12-25)17-19-18-27-10-4-3-5-22(27)23-19/h3-10,18H,11-17H2,1-2H3. The molecule has 1 saturated heterocycles. The van der Waals surface area contributed by atoms with E-state index in [1.165, 1.54) is 18.4 Å². The summed E-state index contributed by atoms with van der Waals surface area (Å²) < 4.78 is 33.3. The van der Waals surface area contributed by atoms with E-state index in [-0.39, 0.29) is 4.90 Å². The summed E-state index contributed by atoms with van der Waals surface area (Å²) >= 11 is 0. The number of rotatable bonds is 8. The molecule has 4 rings (SSSR count). The number of hydrogen-bond donors (Lipinski definition) is 0. The molecule has 3 aromatic rings. The van der Waals surface area contributed by atoms with Gasteiger partial charge in [0.1, 0.15) is 18.0 Å². The van der Waals surface area contributed by atoms with Gasteiger partial charge in [0.05, 0.1) is 10.6 Å². The quantitative estimate of drug-likeness (QED) is 0.529. The van der Waals surface area contributed by atoms with E-state index < -0.39 is 10.0 Å². The normalized spacial score (nSPS) is 16.2. The third kappa shape index (κ3) is 5.24. The number of piperazine rings is 1. The molecule has 1 aromatic carbocycles. The van der Waals surface area contributed by atoms with Crippen LogP contribution in [0.5, 0.6) is 5.75 Å². The van der Waals surface area contributed by atoms with Crippen LogP contribution in [0.3, 0.4) is 0 Å². The summed E-state index contributed by atoms with van der Waals surface area (Å²) in [6.07, 6.45) is 4.13. The van der Waals surface area contributed by atoms with Gasteiger partial charge in [-0.1, -0.05) is 6.07 Å². The van der Waals surface area contributed by atoms with Gasteiger partial charge >= 0.3 is 0 Å². The van der Waals surface area contributed by atoms with Crippen molar-refractivity contribution < 1.29 is 13.2 Å². The lowest BCUT2D eigenvalue weighted by Crippen LogP contribution is -2.47. The second-order valence-corrected chi connectivity index (χ2v) is 10.1. The summed E-state index contributed by atoms with van der Waals surface area (Å²) in [4.78, 5) is 9.78. The number of ether oxygens (including phenoxy) is 1. The minimum absolute atomic E-state index is 0.270. The van der Waals surface area contributed by atoms with E-state index in [0.717, 1.165) is 50.6 Å². The summed E-state index contributed by atoms with van der Waals surface area (Å²) in [6, 6.07) is 12.6. The molecule has 1 fully saturated rings. The van der Waals surface area contributed by atoms with Crippen molar-refractivity contribution in [2.45, 2.75) is 11.4 Å². The highest BCUT2D eigenvalue weighted by Crippen LogP contribution is 2.18. The third-order valence-corrected chi connectivity index (χ3v) is 7.37. The summed E-state index contributed by atoms with van der Waals surface area (Å²) in [6.45, 7) is 6.30. The van der Waals surface area contributed by atoms with Crippen LogP contribution < -0.4 is 4.74 Å². The number of benzene rings is 1. The summed E-state index contributed by atoms with van der Waals surface area (Å²) in [5.74, 6) is 0.684. The first-order chi connectivity index (χ1) is 14.9. The van der Waals surface area contributed by atoms with Crippen molar-refractivity contribution in [2.75, 3.05) is 53.4 Å². The first kappa shape index (κ1) is 21.8. The molecule has 0 radical (unpaired) electrons. The summed E-state index contributed by atoms with van der Waals surface area (Å²) in [5, 5.41) is 0. The van der Waals surface area contributed by atoms with Crippen LogP contribution in [0, 0.1) is 0 Å². The molecular weight excluding hydrogens is 414 g/mol. The highest BCUT2D eigenvalue weighted by atomic mass is 32.2. The third-order valence-electron chi connectivity index (χ3n) is 5.54. The Morgan fingerprint density at radius 3 is 2.39 bits per heavy atom. The average Bonchev–Trinajstić information content (AvgIpc) is 3.17. The number of fused-ring (bicyclic) bond motifs is 1. The number of aromatic nitrogens is 2. The predicted octanol–water partition coefficient (Wildman–Crippen LogP) is 1.78. The lowest BCUT2D eigenvalue weighted by molar-refractivity contribution is 0.112.